The molecule has 3 N–H and O–H groups in total. The van der Waals surface area contributed by atoms with E-state index in [1.807, 2.05) is 18.0 Å². The smallest absolute Gasteiger partial charge is 0.328 e. The van der Waals surface area contributed by atoms with Crippen LogP contribution in [0.3, 0.4) is 0 Å². The van der Waals surface area contributed by atoms with Crippen molar-refractivity contribution < 1.29 is 24.5 Å². The van der Waals surface area contributed by atoms with E-state index in [2.05, 4.69) is 47.5 Å². The van der Waals surface area contributed by atoms with E-state index in [9.17, 15) is 9.59 Å². The predicted molar refractivity (Wildman–Crippen MR) is 106 cm³/mol. The van der Waals surface area contributed by atoms with Crippen molar-refractivity contribution in [2.24, 2.45) is 0 Å². The Bertz CT molecular complexity index is 788. The summed E-state index contributed by atoms with van der Waals surface area (Å²) >= 11 is 1.85. The molecule has 0 spiro atoms. The third-order valence-corrected chi connectivity index (χ3v) is 4.75. The lowest BCUT2D eigenvalue weighted by Gasteiger charge is -2.36. The Morgan fingerprint density at radius 3 is 2.59 bits per heavy atom. The summed E-state index contributed by atoms with van der Waals surface area (Å²) in [5, 5.41) is 16.9. The first-order valence-electron chi connectivity index (χ1n) is 8.43. The number of aromatic nitrogens is 1. The molecule has 7 nitrogen and oxygen atoms in total. The van der Waals surface area contributed by atoms with Crippen LogP contribution in [-0.4, -0.2) is 70.3 Å². The zero-order valence-corrected chi connectivity index (χ0v) is 16.1. The first-order chi connectivity index (χ1) is 12.9. The Labute approximate surface area is 162 Å². The molecule has 1 fully saturated rings. The van der Waals surface area contributed by atoms with Crippen LogP contribution in [0.5, 0.6) is 0 Å². The Hall–Kier alpha value is -2.29. The number of nitrogens with one attached hydrogen (secondary N) is 1. The van der Waals surface area contributed by atoms with Crippen molar-refractivity contribution in [3.63, 3.8) is 0 Å². The maximum absolute atomic E-state index is 9.55. The molecule has 1 aliphatic heterocycles. The molecule has 1 saturated heterocycles. The lowest BCUT2D eigenvalue weighted by Crippen LogP contribution is -2.42. The summed E-state index contributed by atoms with van der Waals surface area (Å²) in [5.41, 5.74) is 2.49. The first kappa shape index (κ1) is 21.0. The molecular formula is C19H24N2O5S. The van der Waals surface area contributed by atoms with Crippen molar-refractivity contribution >= 4 is 34.6 Å². The van der Waals surface area contributed by atoms with Crippen LogP contribution in [0.1, 0.15) is 11.7 Å². The highest BCUT2D eigenvalue weighted by atomic mass is 32.2. The van der Waals surface area contributed by atoms with Crippen molar-refractivity contribution in [3.05, 3.63) is 48.2 Å². The number of ether oxygens (including phenoxy) is 1. The number of aliphatic carboxylic acids is 2. The summed E-state index contributed by atoms with van der Waals surface area (Å²) in [5.74, 6) is -1.45. The van der Waals surface area contributed by atoms with Crippen LogP contribution in [0.2, 0.25) is 0 Å². The van der Waals surface area contributed by atoms with E-state index in [-0.39, 0.29) is 6.10 Å². The standard InChI is InChI=1S/C15H20N2OS.C4H4O4/c1-17-8-11(10-19-2)18-15(9-17)13-4-3-5-14-12(13)6-7-16-14;5-3(6)1-2-4(7)8/h3-7,11,15-16H,8-10H2,1-2H3;1-2H,(H,5,6)(H,7,8)/b;2-1+/t11-,15+;/m1./s1. The molecule has 2 aromatic rings. The zero-order valence-electron chi connectivity index (χ0n) is 15.3. The topological polar surface area (TPSA) is 103 Å². The molecule has 0 bridgehead atoms. The molecule has 1 aliphatic rings. The van der Waals surface area contributed by atoms with Gasteiger partial charge in [0, 0.05) is 48.1 Å². The van der Waals surface area contributed by atoms with Crippen molar-refractivity contribution in [3.8, 4) is 0 Å². The van der Waals surface area contributed by atoms with Crippen LogP contribution < -0.4 is 0 Å². The van der Waals surface area contributed by atoms with Crippen LogP contribution in [0.25, 0.3) is 10.9 Å². The van der Waals surface area contributed by atoms with Gasteiger partial charge >= 0.3 is 11.9 Å². The van der Waals surface area contributed by atoms with Gasteiger partial charge < -0.3 is 24.8 Å². The van der Waals surface area contributed by atoms with Crippen LogP contribution in [0.15, 0.2) is 42.6 Å². The van der Waals surface area contributed by atoms with Gasteiger partial charge in [0.2, 0.25) is 0 Å². The number of likely N-dealkylation sites (N-methyl/N-ethyl adjacent to an activating group) is 1. The number of hydrogen-bond donors (Lipinski definition) is 3. The monoisotopic (exact) mass is 392 g/mol. The molecule has 0 amide bonds. The molecule has 2 heterocycles. The highest BCUT2D eigenvalue weighted by Gasteiger charge is 2.27. The molecule has 27 heavy (non-hydrogen) atoms. The third kappa shape index (κ3) is 6.42. The number of hydrogen-bond acceptors (Lipinski definition) is 5. The number of fused-ring (bicyclic) bond motifs is 1. The van der Waals surface area contributed by atoms with Crippen molar-refractivity contribution in [1.82, 2.24) is 9.88 Å². The average Bonchev–Trinajstić information content (AvgIpc) is 3.09. The van der Waals surface area contributed by atoms with Crippen LogP contribution in [0, 0.1) is 0 Å². The molecule has 0 saturated carbocycles. The summed E-state index contributed by atoms with van der Waals surface area (Å²) in [6.07, 6.45) is 5.76. The number of morpholine rings is 1. The fourth-order valence-electron chi connectivity index (χ4n) is 3.01. The van der Waals surface area contributed by atoms with Gasteiger partial charge in [-0.3, -0.25) is 0 Å². The lowest BCUT2D eigenvalue weighted by molar-refractivity contribution is -0.134. The Kier molecular flexibility index (Phi) is 7.90. The Morgan fingerprint density at radius 1 is 1.26 bits per heavy atom. The zero-order chi connectivity index (χ0) is 19.8. The van der Waals surface area contributed by atoms with E-state index >= 15 is 0 Å². The van der Waals surface area contributed by atoms with Crippen LogP contribution in [-0.2, 0) is 14.3 Å². The van der Waals surface area contributed by atoms with Gasteiger partial charge in [0.05, 0.1) is 12.2 Å². The number of H-pyrrole nitrogens is 1. The summed E-state index contributed by atoms with van der Waals surface area (Å²) in [4.78, 5) is 24.8. The molecule has 0 radical (unpaired) electrons. The minimum absolute atomic E-state index is 0.176. The quantitative estimate of drug-likeness (QED) is 0.672. The van der Waals surface area contributed by atoms with Crippen molar-refractivity contribution in [1.29, 1.82) is 0 Å². The molecule has 1 aromatic heterocycles. The van der Waals surface area contributed by atoms with Crippen LogP contribution in [0.4, 0.5) is 0 Å². The van der Waals surface area contributed by atoms with E-state index in [0.717, 1.165) is 18.8 Å². The molecule has 2 atom stereocenters. The minimum atomic E-state index is -1.26. The lowest BCUT2D eigenvalue weighted by atomic mass is 10.0. The van der Waals surface area contributed by atoms with Gasteiger partial charge in [0.25, 0.3) is 0 Å². The highest BCUT2D eigenvalue weighted by Crippen LogP contribution is 2.30. The summed E-state index contributed by atoms with van der Waals surface area (Å²) < 4.78 is 6.28. The van der Waals surface area contributed by atoms with Crippen molar-refractivity contribution in [2.45, 2.75) is 12.2 Å². The number of rotatable bonds is 5. The second-order valence-electron chi connectivity index (χ2n) is 6.22. The molecular weight excluding hydrogens is 368 g/mol. The maximum atomic E-state index is 9.55. The summed E-state index contributed by atoms with van der Waals surface area (Å²) in [6, 6.07) is 8.56. The largest absolute Gasteiger partial charge is 0.478 e. The molecule has 146 valence electrons. The number of carboxylic acids is 2. The van der Waals surface area contributed by atoms with Crippen LogP contribution >= 0.6 is 11.8 Å². The van der Waals surface area contributed by atoms with Gasteiger partial charge in [-0.15, -0.1) is 0 Å². The summed E-state index contributed by atoms with van der Waals surface area (Å²) in [6.45, 7) is 2.00. The first-order valence-corrected chi connectivity index (χ1v) is 9.83. The summed E-state index contributed by atoms with van der Waals surface area (Å²) in [7, 11) is 2.18. The predicted octanol–water partition coefficient (Wildman–Crippen LogP) is 2.61. The normalized spacial score (nSPS) is 20.4. The van der Waals surface area contributed by atoms with E-state index in [1.54, 1.807) is 0 Å². The van der Waals surface area contributed by atoms with Gasteiger partial charge in [-0.05, 0) is 31.0 Å². The second-order valence-corrected chi connectivity index (χ2v) is 7.13. The molecule has 3 rings (SSSR count). The fourth-order valence-corrected chi connectivity index (χ4v) is 3.56. The number of thioether (sulfide) groups is 1. The fraction of sp³-hybridized carbons (Fsp3) is 0.368. The molecule has 8 heteroatoms. The SMILES string of the molecule is CSC[C@H]1CN(C)C[C@@H](c2cccc3[nH]ccc23)O1.O=C(O)/C=C/C(=O)O. The minimum Gasteiger partial charge on any atom is -0.478 e. The Balaban J connectivity index is 0.000000279. The molecule has 0 unspecified atom stereocenters. The second kappa shape index (κ2) is 10.1. The van der Waals surface area contributed by atoms with Gasteiger partial charge in [-0.2, -0.15) is 11.8 Å². The number of carbonyl (C=O) groups is 2. The number of benzene rings is 1. The number of carboxylic acid groups (broad SMARTS) is 2. The Morgan fingerprint density at radius 2 is 1.96 bits per heavy atom. The van der Waals surface area contributed by atoms with Gasteiger partial charge in [-0.1, -0.05) is 12.1 Å². The van der Waals surface area contributed by atoms with E-state index in [0.29, 0.717) is 18.3 Å². The number of aromatic amines is 1. The van der Waals surface area contributed by atoms with Gasteiger partial charge in [0.1, 0.15) is 0 Å². The third-order valence-electron chi connectivity index (χ3n) is 4.05. The van der Waals surface area contributed by atoms with Crippen molar-refractivity contribution in [2.75, 3.05) is 32.1 Å². The number of nitrogens with zero attached hydrogens (tertiary/aromatic N) is 1. The maximum Gasteiger partial charge on any atom is 0.328 e. The van der Waals surface area contributed by atoms with Gasteiger partial charge in [0.15, 0.2) is 0 Å². The van der Waals surface area contributed by atoms with Gasteiger partial charge in [-0.25, -0.2) is 9.59 Å². The molecule has 1 aromatic carbocycles. The molecule has 0 aliphatic carbocycles. The average molecular weight is 392 g/mol. The van der Waals surface area contributed by atoms with E-state index < -0.39 is 11.9 Å². The highest BCUT2D eigenvalue weighted by molar-refractivity contribution is 7.98. The van der Waals surface area contributed by atoms with E-state index in [4.69, 9.17) is 14.9 Å². The van der Waals surface area contributed by atoms with E-state index in [1.165, 1.54) is 16.5 Å².